The maximum Gasteiger partial charge on any atom is 0.223 e. The fourth-order valence-electron chi connectivity index (χ4n) is 2.53. The van der Waals surface area contributed by atoms with E-state index in [9.17, 15) is 0 Å². The Morgan fingerprint density at radius 3 is 2.62 bits per heavy atom. The second-order valence-corrected chi connectivity index (χ2v) is 5.67. The molecule has 0 aromatic carbocycles. The number of aromatic nitrogens is 5. The standard InChI is InChI=1S/C19H16N6O/c1-13-4-5-17(26-13)18-15(16-12-21-7-8-22-16)11-24-19(25-18)23-10-14-3-2-6-20-9-14/h2-9,11-12H,10H2,1H3,(H,23,24,25). The third-order valence-electron chi connectivity index (χ3n) is 3.78. The van der Waals surface area contributed by atoms with Crippen molar-refractivity contribution in [3.8, 4) is 22.7 Å². The van der Waals surface area contributed by atoms with Crippen LogP contribution in [0.2, 0.25) is 0 Å². The van der Waals surface area contributed by atoms with Gasteiger partial charge in [-0.15, -0.1) is 0 Å². The highest BCUT2D eigenvalue weighted by Crippen LogP contribution is 2.30. The predicted molar refractivity (Wildman–Crippen MR) is 97.1 cm³/mol. The molecule has 0 atom stereocenters. The van der Waals surface area contributed by atoms with Crippen molar-refractivity contribution in [2.45, 2.75) is 13.5 Å². The van der Waals surface area contributed by atoms with E-state index in [1.807, 2.05) is 31.2 Å². The quantitative estimate of drug-likeness (QED) is 0.592. The smallest absolute Gasteiger partial charge is 0.223 e. The zero-order chi connectivity index (χ0) is 17.8. The van der Waals surface area contributed by atoms with Gasteiger partial charge in [0.15, 0.2) is 5.76 Å². The normalized spacial score (nSPS) is 10.7. The number of anilines is 1. The summed E-state index contributed by atoms with van der Waals surface area (Å²) in [6.07, 6.45) is 10.2. The molecular formula is C19H16N6O. The SMILES string of the molecule is Cc1ccc(-c2nc(NCc3cccnc3)ncc2-c2cnccn2)o1. The second-order valence-electron chi connectivity index (χ2n) is 5.67. The number of furan rings is 1. The van der Waals surface area contributed by atoms with Gasteiger partial charge >= 0.3 is 0 Å². The number of pyridine rings is 1. The maximum absolute atomic E-state index is 5.77. The molecule has 0 radical (unpaired) electrons. The molecule has 0 unspecified atom stereocenters. The number of hydrogen-bond donors (Lipinski definition) is 1. The fraction of sp³-hybridized carbons (Fsp3) is 0.105. The predicted octanol–water partition coefficient (Wildman–Crippen LogP) is 3.51. The summed E-state index contributed by atoms with van der Waals surface area (Å²) in [5.74, 6) is 1.98. The molecule has 0 amide bonds. The molecule has 4 rings (SSSR count). The second kappa shape index (κ2) is 7.10. The lowest BCUT2D eigenvalue weighted by molar-refractivity contribution is 0.546. The number of nitrogens with zero attached hydrogens (tertiary/aromatic N) is 5. The molecule has 26 heavy (non-hydrogen) atoms. The van der Waals surface area contributed by atoms with Crippen LogP contribution in [0.25, 0.3) is 22.7 Å². The summed E-state index contributed by atoms with van der Waals surface area (Å²) in [4.78, 5) is 21.6. The Morgan fingerprint density at radius 1 is 0.962 bits per heavy atom. The lowest BCUT2D eigenvalue weighted by Gasteiger charge is -2.09. The summed E-state index contributed by atoms with van der Waals surface area (Å²) in [5.41, 5.74) is 3.17. The van der Waals surface area contributed by atoms with Crippen LogP contribution in [0.15, 0.2) is 65.9 Å². The van der Waals surface area contributed by atoms with Crippen molar-refractivity contribution in [2.75, 3.05) is 5.32 Å². The van der Waals surface area contributed by atoms with E-state index < -0.39 is 0 Å². The van der Waals surface area contributed by atoms with Gasteiger partial charge in [0, 0.05) is 43.1 Å². The van der Waals surface area contributed by atoms with Gasteiger partial charge in [0.05, 0.1) is 11.9 Å². The van der Waals surface area contributed by atoms with Gasteiger partial charge in [0.25, 0.3) is 0 Å². The summed E-state index contributed by atoms with van der Waals surface area (Å²) in [6.45, 7) is 2.48. The first kappa shape index (κ1) is 15.9. The van der Waals surface area contributed by atoms with Crippen molar-refractivity contribution >= 4 is 5.95 Å². The van der Waals surface area contributed by atoms with Crippen molar-refractivity contribution in [3.63, 3.8) is 0 Å². The van der Waals surface area contributed by atoms with E-state index in [4.69, 9.17) is 4.42 Å². The van der Waals surface area contributed by atoms with Crippen LogP contribution in [0.1, 0.15) is 11.3 Å². The number of aryl methyl sites for hydroxylation is 1. The lowest BCUT2D eigenvalue weighted by Crippen LogP contribution is -2.05. The molecule has 0 aliphatic carbocycles. The van der Waals surface area contributed by atoms with E-state index in [1.165, 1.54) is 0 Å². The van der Waals surface area contributed by atoms with Gasteiger partial charge in [-0.2, -0.15) is 0 Å². The van der Waals surface area contributed by atoms with Crippen molar-refractivity contribution in [3.05, 3.63) is 72.8 Å². The molecule has 0 saturated heterocycles. The molecular weight excluding hydrogens is 328 g/mol. The van der Waals surface area contributed by atoms with Crippen LogP contribution in [0, 0.1) is 6.92 Å². The summed E-state index contributed by atoms with van der Waals surface area (Å²) in [6, 6.07) is 7.68. The first-order chi connectivity index (χ1) is 12.8. The summed E-state index contributed by atoms with van der Waals surface area (Å²) in [7, 11) is 0. The molecule has 0 saturated carbocycles. The summed E-state index contributed by atoms with van der Waals surface area (Å²) < 4.78 is 5.77. The Hall–Kier alpha value is -3.61. The van der Waals surface area contributed by atoms with E-state index in [1.54, 1.807) is 37.2 Å². The van der Waals surface area contributed by atoms with Gasteiger partial charge in [-0.3, -0.25) is 15.0 Å². The fourth-order valence-corrected chi connectivity index (χ4v) is 2.53. The average Bonchev–Trinajstić information content (AvgIpc) is 3.14. The van der Waals surface area contributed by atoms with Crippen LogP contribution < -0.4 is 5.32 Å². The first-order valence-corrected chi connectivity index (χ1v) is 8.12. The number of hydrogen-bond acceptors (Lipinski definition) is 7. The maximum atomic E-state index is 5.77. The van der Waals surface area contributed by atoms with Crippen LogP contribution >= 0.6 is 0 Å². The monoisotopic (exact) mass is 344 g/mol. The molecule has 0 spiro atoms. The number of rotatable bonds is 5. The highest BCUT2D eigenvalue weighted by atomic mass is 16.3. The van der Waals surface area contributed by atoms with Crippen LogP contribution in [-0.4, -0.2) is 24.9 Å². The molecule has 7 heteroatoms. The van der Waals surface area contributed by atoms with Crippen LogP contribution in [-0.2, 0) is 6.54 Å². The summed E-state index contributed by atoms with van der Waals surface area (Å²) >= 11 is 0. The Kier molecular flexibility index (Phi) is 4.34. The van der Waals surface area contributed by atoms with Crippen molar-refractivity contribution in [1.82, 2.24) is 24.9 Å². The third kappa shape index (κ3) is 3.41. The van der Waals surface area contributed by atoms with Gasteiger partial charge in [0.1, 0.15) is 11.5 Å². The van der Waals surface area contributed by atoms with Crippen molar-refractivity contribution < 1.29 is 4.42 Å². The Labute approximate surface area is 150 Å². The van der Waals surface area contributed by atoms with Gasteiger partial charge < -0.3 is 9.73 Å². The average molecular weight is 344 g/mol. The molecule has 4 heterocycles. The Bertz CT molecular complexity index is 1000. The van der Waals surface area contributed by atoms with Gasteiger partial charge in [-0.1, -0.05) is 6.07 Å². The van der Waals surface area contributed by atoms with Gasteiger partial charge in [-0.05, 0) is 30.7 Å². The van der Waals surface area contributed by atoms with Gasteiger partial charge in [0.2, 0.25) is 5.95 Å². The molecule has 0 aliphatic heterocycles. The minimum absolute atomic E-state index is 0.505. The van der Waals surface area contributed by atoms with Crippen LogP contribution in [0.5, 0.6) is 0 Å². The molecule has 0 aliphatic rings. The molecule has 128 valence electrons. The van der Waals surface area contributed by atoms with Gasteiger partial charge in [-0.25, -0.2) is 9.97 Å². The molecule has 1 N–H and O–H groups in total. The largest absolute Gasteiger partial charge is 0.460 e. The van der Waals surface area contributed by atoms with Crippen molar-refractivity contribution in [2.24, 2.45) is 0 Å². The minimum Gasteiger partial charge on any atom is -0.460 e. The van der Waals surface area contributed by atoms with E-state index in [0.717, 1.165) is 16.9 Å². The van der Waals surface area contributed by atoms with E-state index in [2.05, 4.69) is 30.2 Å². The first-order valence-electron chi connectivity index (χ1n) is 8.12. The Balaban J connectivity index is 1.70. The van der Waals surface area contributed by atoms with Crippen molar-refractivity contribution in [1.29, 1.82) is 0 Å². The zero-order valence-corrected chi connectivity index (χ0v) is 14.1. The molecule has 0 fully saturated rings. The number of nitrogens with one attached hydrogen (secondary N) is 1. The van der Waals surface area contributed by atoms with Crippen LogP contribution in [0.4, 0.5) is 5.95 Å². The molecule has 4 aromatic rings. The molecule has 4 aromatic heterocycles. The minimum atomic E-state index is 0.505. The Morgan fingerprint density at radius 2 is 1.88 bits per heavy atom. The molecule has 7 nitrogen and oxygen atoms in total. The zero-order valence-electron chi connectivity index (χ0n) is 14.1. The van der Waals surface area contributed by atoms with Crippen LogP contribution in [0.3, 0.4) is 0 Å². The lowest BCUT2D eigenvalue weighted by atomic mass is 10.1. The van der Waals surface area contributed by atoms with E-state index in [0.29, 0.717) is 29.6 Å². The third-order valence-corrected chi connectivity index (χ3v) is 3.78. The highest BCUT2D eigenvalue weighted by molar-refractivity contribution is 5.76. The molecule has 0 bridgehead atoms. The highest BCUT2D eigenvalue weighted by Gasteiger charge is 2.15. The van der Waals surface area contributed by atoms with E-state index >= 15 is 0 Å². The summed E-state index contributed by atoms with van der Waals surface area (Å²) in [5, 5.41) is 3.22. The van der Waals surface area contributed by atoms with E-state index in [-0.39, 0.29) is 0 Å². The topological polar surface area (TPSA) is 89.6 Å².